The lowest BCUT2D eigenvalue weighted by molar-refractivity contribution is -0.289. The molecule has 0 atom stereocenters. The third kappa shape index (κ3) is 4.22. The number of rotatable bonds is 4. The molecule has 163 valence electrons. The summed E-state index contributed by atoms with van der Waals surface area (Å²) < 4.78 is 65.1. The first-order valence-corrected chi connectivity index (χ1v) is 9.78. The number of benzene rings is 2. The molecule has 9 heteroatoms. The number of aromatic nitrogens is 1. The van der Waals surface area contributed by atoms with E-state index in [-0.39, 0.29) is 17.6 Å². The Morgan fingerprint density at radius 3 is 2.35 bits per heavy atom. The molecule has 4 nitrogen and oxygen atoms in total. The largest absolute Gasteiger partial charge is 0.458 e. The fraction of sp³-hybridized carbons (Fsp3) is 0.318. The van der Waals surface area contributed by atoms with Gasteiger partial charge in [-0.1, -0.05) is 30.3 Å². The number of para-hydroxylation sites is 1. The standard InChI is InChI=1S/C22H19F5N3O/c23-21(24,22(25,26)27)15-5-3-6-17(13-15)28-16-8-10-30(11-9-16)19-12-14-4-1-2-7-18(14)29-20(19)31/h1-7,12-13,16,28H,8-11H2. The molecule has 0 unspecified atom stereocenters. The van der Waals surface area contributed by atoms with Crippen molar-refractivity contribution in [3.63, 3.8) is 0 Å². The van der Waals surface area contributed by atoms with Crippen LogP contribution < -0.4 is 10.2 Å². The molecule has 1 aliphatic heterocycles. The van der Waals surface area contributed by atoms with Crippen molar-refractivity contribution in [2.45, 2.75) is 31.0 Å². The van der Waals surface area contributed by atoms with E-state index in [0.29, 0.717) is 37.1 Å². The van der Waals surface area contributed by atoms with Crippen molar-refractivity contribution in [3.05, 3.63) is 60.2 Å². The number of pyridine rings is 1. The normalized spacial score (nSPS) is 16.0. The fourth-order valence-corrected chi connectivity index (χ4v) is 3.78. The van der Waals surface area contributed by atoms with Gasteiger partial charge in [0.1, 0.15) is 5.69 Å². The molecule has 0 spiro atoms. The third-order valence-corrected chi connectivity index (χ3v) is 5.46. The van der Waals surface area contributed by atoms with Crippen molar-refractivity contribution < 1.29 is 27.1 Å². The number of alkyl halides is 5. The first kappa shape index (κ1) is 21.1. The highest BCUT2D eigenvalue weighted by Gasteiger charge is 2.58. The van der Waals surface area contributed by atoms with E-state index >= 15 is 0 Å². The van der Waals surface area contributed by atoms with Crippen LogP contribution in [0.4, 0.5) is 33.3 Å². The van der Waals surface area contributed by atoms with Crippen LogP contribution in [0.3, 0.4) is 0 Å². The molecule has 1 aliphatic rings. The number of hydrogen-bond acceptors (Lipinski definition) is 3. The van der Waals surface area contributed by atoms with Gasteiger partial charge in [0.2, 0.25) is 0 Å². The van der Waals surface area contributed by atoms with Gasteiger partial charge in [-0.15, -0.1) is 0 Å². The van der Waals surface area contributed by atoms with Crippen molar-refractivity contribution in [1.29, 1.82) is 0 Å². The summed E-state index contributed by atoms with van der Waals surface area (Å²) in [6.45, 7) is 1.07. The molecular formula is C22H19F5N3O. The summed E-state index contributed by atoms with van der Waals surface area (Å²) in [6, 6.07) is 13.3. The summed E-state index contributed by atoms with van der Waals surface area (Å²) in [7, 11) is 0. The topological polar surface area (TPSA) is 48.1 Å². The van der Waals surface area contributed by atoms with Gasteiger partial charge in [-0.25, -0.2) is 4.98 Å². The Kier molecular flexibility index (Phi) is 5.36. The van der Waals surface area contributed by atoms with Crippen LogP contribution in [-0.2, 0) is 11.0 Å². The summed E-state index contributed by atoms with van der Waals surface area (Å²) in [5.74, 6) is -5.23. The highest BCUT2D eigenvalue weighted by molar-refractivity contribution is 5.84. The Hall–Kier alpha value is -3.10. The summed E-state index contributed by atoms with van der Waals surface area (Å²) in [6.07, 6.45) is -4.47. The van der Waals surface area contributed by atoms with E-state index < -0.39 is 17.7 Å². The molecule has 1 aromatic heterocycles. The van der Waals surface area contributed by atoms with Crippen molar-refractivity contribution in [1.82, 2.24) is 4.98 Å². The van der Waals surface area contributed by atoms with Gasteiger partial charge in [-0.2, -0.15) is 22.0 Å². The molecule has 1 saturated heterocycles. The lowest BCUT2D eigenvalue weighted by Crippen LogP contribution is -2.39. The third-order valence-electron chi connectivity index (χ3n) is 5.46. The molecule has 4 rings (SSSR count). The second-order valence-electron chi connectivity index (χ2n) is 7.56. The van der Waals surface area contributed by atoms with Gasteiger partial charge in [-0.3, -0.25) is 5.11 Å². The van der Waals surface area contributed by atoms with Gasteiger partial charge in [0.25, 0.3) is 5.88 Å². The Bertz CT molecular complexity index is 1080. The minimum atomic E-state index is -5.65. The smallest absolute Gasteiger partial charge is 0.382 e. The molecule has 31 heavy (non-hydrogen) atoms. The Morgan fingerprint density at radius 1 is 0.935 bits per heavy atom. The number of nitrogens with zero attached hydrogens (tertiary/aromatic N) is 2. The molecule has 1 radical (unpaired) electrons. The average molecular weight is 436 g/mol. The van der Waals surface area contributed by atoms with Crippen molar-refractivity contribution in [2.24, 2.45) is 0 Å². The molecular weight excluding hydrogens is 417 g/mol. The highest BCUT2D eigenvalue weighted by atomic mass is 19.4. The second kappa shape index (κ2) is 7.86. The highest BCUT2D eigenvalue weighted by Crippen LogP contribution is 2.44. The van der Waals surface area contributed by atoms with Crippen LogP contribution in [0.2, 0.25) is 0 Å². The van der Waals surface area contributed by atoms with E-state index in [9.17, 15) is 27.1 Å². The van der Waals surface area contributed by atoms with Crippen molar-refractivity contribution in [2.75, 3.05) is 23.3 Å². The van der Waals surface area contributed by atoms with Crippen LogP contribution in [0, 0.1) is 0 Å². The number of fused-ring (bicyclic) bond motifs is 1. The quantitative estimate of drug-likeness (QED) is 0.502. The zero-order valence-electron chi connectivity index (χ0n) is 16.3. The molecule has 1 fully saturated rings. The van der Waals surface area contributed by atoms with E-state index in [2.05, 4.69) is 10.3 Å². The Labute approximate surface area is 175 Å². The van der Waals surface area contributed by atoms with E-state index in [1.807, 2.05) is 23.1 Å². The maximum absolute atomic E-state index is 13.6. The van der Waals surface area contributed by atoms with E-state index in [1.165, 1.54) is 12.1 Å². The minimum Gasteiger partial charge on any atom is -0.382 e. The Balaban J connectivity index is 1.43. The summed E-state index contributed by atoms with van der Waals surface area (Å²) >= 11 is 0. The lowest BCUT2D eigenvalue weighted by atomic mass is 10.0. The summed E-state index contributed by atoms with van der Waals surface area (Å²) in [5, 5.41) is 16.3. The lowest BCUT2D eigenvalue weighted by Gasteiger charge is -2.34. The maximum Gasteiger partial charge on any atom is 0.458 e. The second-order valence-corrected chi connectivity index (χ2v) is 7.56. The van der Waals surface area contributed by atoms with Crippen molar-refractivity contribution >= 4 is 22.3 Å². The molecule has 0 amide bonds. The summed E-state index contributed by atoms with van der Waals surface area (Å²) in [4.78, 5) is 6.04. The van der Waals surface area contributed by atoms with Gasteiger partial charge in [0.15, 0.2) is 0 Å². The zero-order chi connectivity index (χ0) is 22.2. The summed E-state index contributed by atoms with van der Waals surface area (Å²) in [5.41, 5.74) is 0.241. The number of piperidine rings is 1. The fourth-order valence-electron chi connectivity index (χ4n) is 3.78. The molecule has 2 heterocycles. The molecule has 1 N–H and O–H groups in total. The van der Waals surface area contributed by atoms with Crippen LogP contribution in [0.5, 0.6) is 5.88 Å². The van der Waals surface area contributed by atoms with Gasteiger partial charge in [0.05, 0.1) is 5.52 Å². The first-order chi connectivity index (χ1) is 14.6. The van der Waals surface area contributed by atoms with E-state index in [0.717, 1.165) is 17.5 Å². The predicted molar refractivity (Wildman–Crippen MR) is 107 cm³/mol. The molecule has 0 aliphatic carbocycles. The first-order valence-electron chi connectivity index (χ1n) is 9.78. The molecule has 2 aromatic carbocycles. The zero-order valence-corrected chi connectivity index (χ0v) is 16.3. The van der Waals surface area contributed by atoms with Crippen LogP contribution >= 0.6 is 0 Å². The molecule has 0 saturated carbocycles. The van der Waals surface area contributed by atoms with Crippen LogP contribution in [0.25, 0.3) is 10.9 Å². The number of anilines is 2. The number of nitrogens with one attached hydrogen (secondary N) is 1. The maximum atomic E-state index is 13.6. The predicted octanol–water partition coefficient (Wildman–Crippen LogP) is 6.11. The average Bonchev–Trinajstić information content (AvgIpc) is 2.73. The SMILES string of the molecule is [O]c1nc2ccccc2cc1N1CCC(Nc2cccc(C(F)(F)C(F)(F)F)c2)CC1. The molecule has 0 bridgehead atoms. The van der Waals surface area contributed by atoms with Gasteiger partial charge in [-0.05, 0) is 37.1 Å². The minimum absolute atomic E-state index is 0.116. The number of halogens is 5. The van der Waals surface area contributed by atoms with Gasteiger partial charge >= 0.3 is 12.1 Å². The van der Waals surface area contributed by atoms with Gasteiger partial charge < -0.3 is 10.2 Å². The van der Waals surface area contributed by atoms with E-state index in [1.54, 1.807) is 12.1 Å². The van der Waals surface area contributed by atoms with E-state index in [4.69, 9.17) is 0 Å². The molecule has 3 aromatic rings. The monoisotopic (exact) mass is 436 g/mol. The van der Waals surface area contributed by atoms with Crippen LogP contribution in [0.1, 0.15) is 18.4 Å². The van der Waals surface area contributed by atoms with Crippen LogP contribution in [-0.4, -0.2) is 30.3 Å². The Morgan fingerprint density at radius 2 is 1.65 bits per heavy atom. The number of hydrogen-bond donors (Lipinski definition) is 1. The van der Waals surface area contributed by atoms with Crippen LogP contribution in [0.15, 0.2) is 54.6 Å². The van der Waals surface area contributed by atoms with Crippen molar-refractivity contribution in [3.8, 4) is 5.88 Å². The van der Waals surface area contributed by atoms with Gasteiger partial charge in [0, 0.05) is 35.8 Å².